The zero-order chi connectivity index (χ0) is 92.9. The zero-order valence-corrected chi connectivity index (χ0v) is 87.6. The smallest absolute Gasteiger partial charge is 0.744 e. The van der Waals surface area contributed by atoms with Crippen LogP contribution in [0, 0.1) is 0 Å². The average molecular weight is 1870 g/mol. The molecule has 0 bridgehead atoms. The summed E-state index contributed by atoms with van der Waals surface area (Å²) in [5.74, 6) is -3.61. The fourth-order valence-corrected chi connectivity index (χ4v) is 18.2. The maximum atomic E-state index is 13.1. The number of carbonyl (C=O) groups is 4. The van der Waals surface area contributed by atoms with Crippen molar-refractivity contribution in [1.82, 2.24) is 0 Å². The minimum Gasteiger partial charge on any atom is -0.744 e. The van der Waals surface area contributed by atoms with Crippen LogP contribution in [0.5, 0.6) is 0 Å². The summed E-state index contributed by atoms with van der Waals surface area (Å²) in [7, 11) is -10.0. The predicted octanol–water partition coefficient (Wildman–Crippen LogP) is 34.9. The minimum atomic E-state index is -5.02. The first-order valence-corrected chi connectivity index (χ1v) is 56.9. The van der Waals surface area contributed by atoms with E-state index in [0.29, 0.717) is 25.7 Å². The molecule has 2 rings (SSSR count). The third kappa shape index (κ3) is 80.2. The van der Waals surface area contributed by atoms with Crippen LogP contribution >= 0.6 is 0 Å². The first kappa shape index (κ1) is 125. The van der Waals surface area contributed by atoms with E-state index in [-0.39, 0.29) is 75.3 Å². The van der Waals surface area contributed by atoms with Crippen LogP contribution in [0.3, 0.4) is 0 Å². The van der Waals surface area contributed by atoms with E-state index in [9.17, 15) is 45.1 Å². The summed E-state index contributed by atoms with van der Waals surface area (Å²) in [6.07, 6.45) is 118. The third-order valence-corrected chi connectivity index (χ3v) is 26.8. The third-order valence-electron chi connectivity index (χ3n) is 25.0. The van der Waals surface area contributed by atoms with Gasteiger partial charge in [-0.3, -0.25) is 0 Å². The van der Waals surface area contributed by atoms with Crippen LogP contribution in [-0.2, 0) is 39.2 Å². The van der Waals surface area contributed by atoms with E-state index in [1.807, 2.05) is 0 Å². The zero-order valence-electron chi connectivity index (χ0n) is 83.7. The van der Waals surface area contributed by atoms with Gasteiger partial charge in [-0.15, -0.1) is 0 Å². The van der Waals surface area contributed by atoms with Crippen molar-refractivity contribution >= 4 is 81.9 Å². The average Bonchev–Trinajstić information content (AvgIpc) is 0.794. The van der Waals surface area contributed by atoms with Gasteiger partial charge in [0, 0.05) is 0 Å². The molecular weight excluding hydrogens is 1670 g/mol. The normalized spacial score (nSPS) is 11.8. The molecule has 0 amide bonds. The molecule has 0 aromatic heterocycles. The molecule has 740 valence electrons. The van der Waals surface area contributed by atoms with E-state index in [0.717, 1.165) is 89.2 Å². The van der Waals surface area contributed by atoms with Crippen LogP contribution in [0.1, 0.15) is 583 Å². The predicted molar refractivity (Wildman–Crippen MR) is 544 cm³/mol. The molecule has 0 aliphatic heterocycles. The Hall–Kier alpha value is -3.64. The number of rotatable bonds is 94. The molecular formula is C112H194CaO14S2. The van der Waals surface area contributed by atoms with Crippen LogP contribution in [0.15, 0.2) is 94.8 Å². The molecule has 0 aliphatic carbocycles. The van der Waals surface area contributed by atoms with Crippen molar-refractivity contribution in [2.45, 2.75) is 551 Å². The second kappa shape index (κ2) is 96.1. The Labute approximate surface area is 824 Å². The van der Waals surface area contributed by atoms with Crippen molar-refractivity contribution in [3.63, 3.8) is 0 Å². The molecule has 0 saturated heterocycles. The van der Waals surface area contributed by atoms with Crippen LogP contribution < -0.4 is 0 Å². The van der Waals surface area contributed by atoms with Crippen LogP contribution in [0.2, 0.25) is 0 Å². The molecule has 0 atom stereocenters. The second-order valence-electron chi connectivity index (χ2n) is 37.0. The molecule has 14 nitrogen and oxygen atoms in total. The van der Waals surface area contributed by atoms with Gasteiger partial charge < -0.3 is 28.1 Å². The largest absolute Gasteiger partial charge is 2.00 e. The van der Waals surface area contributed by atoms with Gasteiger partial charge in [-0.25, -0.2) is 36.0 Å². The Morgan fingerprint density at radius 3 is 0.512 bits per heavy atom. The van der Waals surface area contributed by atoms with Gasteiger partial charge in [0.15, 0.2) is 0 Å². The number of benzene rings is 2. The Morgan fingerprint density at radius 2 is 0.357 bits per heavy atom. The van der Waals surface area contributed by atoms with Gasteiger partial charge in [0.05, 0.1) is 58.5 Å². The summed E-state index contributed by atoms with van der Waals surface area (Å²) in [6.45, 7) is 9.58. The molecule has 2 aromatic carbocycles. The van der Waals surface area contributed by atoms with Crippen molar-refractivity contribution in [3.05, 3.63) is 107 Å². The topological polar surface area (TPSA) is 220 Å². The number of allylic oxidation sites excluding steroid dienone is 8. The summed E-state index contributed by atoms with van der Waals surface area (Å²) in [6, 6.07) is 7.30. The molecule has 0 radical (unpaired) electrons. The second-order valence-corrected chi connectivity index (χ2v) is 39.7. The van der Waals surface area contributed by atoms with Crippen LogP contribution in [-0.4, -0.2) is 114 Å². The summed E-state index contributed by atoms with van der Waals surface area (Å²) < 4.78 is 94.0. The molecule has 0 saturated carbocycles. The number of hydrogen-bond donors (Lipinski definition) is 0. The van der Waals surface area contributed by atoms with Crippen molar-refractivity contribution in [3.8, 4) is 0 Å². The van der Waals surface area contributed by atoms with Gasteiger partial charge in [-0.05, 0) is 153 Å². The Bertz CT molecular complexity index is 3020. The fraction of sp³-hybridized carbons (Fsp3) is 0.786. The first-order chi connectivity index (χ1) is 62.6. The number of ether oxygens (including phenoxy) is 4. The molecule has 0 heterocycles. The van der Waals surface area contributed by atoms with Crippen LogP contribution in [0.25, 0.3) is 0 Å². The summed E-state index contributed by atoms with van der Waals surface area (Å²) in [5, 5.41) is 0. The molecule has 0 N–H and O–H groups in total. The molecule has 0 unspecified atom stereocenters. The Kier molecular flexibility index (Phi) is 93.3. The number of esters is 4. The summed E-state index contributed by atoms with van der Waals surface area (Å²) in [4.78, 5) is 50.7. The monoisotopic (exact) mass is 1870 g/mol. The van der Waals surface area contributed by atoms with E-state index in [4.69, 9.17) is 18.9 Å². The van der Waals surface area contributed by atoms with Crippen LogP contribution in [0.4, 0.5) is 0 Å². The van der Waals surface area contributed by atoms with Gasteiger partial charge in [0.2, 0.25) is 0 Å². The molecule has 0 fully saturated rings. The van der Waals surface area contributed by atoms with E-state index in [2.05, 4.69) is 76.3 Å². The number of hydrogen-bond acceptors (Lipinski definition) is 14. The molecule has 2 aromatic rings. The molecule has 0 aliphatic rings. The van der Waals surface area contributed by atoms with E-state index >= 15 is 0 Å². The van der Waals surface area contributed by atoms with E-state index in [1.54, 1.807) is 0 Å². The van der Waals surface area contributed by atoms with Gasteiger partial charge in [-0.1, -0.05) is 474 Å². The summed E-state index contributed by atoms with van der Waals surface area (Å²) >= 11 is 0. The maximum Gasteiger partial charge on any atom is 2.00 e. The molecule has 129 heavy (non-hydrogen) atoms. The van der Waals surface area contributed by atoms with Crippen molar-refractivity contribution < 1.29 is 64.1 Å². The standard InChI is InChI=1S/2C56H98O7S.Ca/c2*1-3-5-7-9-11-13-15-17-19-21-23-25-27-29-31-33-35-37-39-41-43-45-50-62-55(57)52-48-47-49-53(64(59,60)61)54(52)56(58)63-51-46-44-42-40-38-36-34-32-30-28-26-24-22-20-18-16-14-12-10-8-6-4-2;/h2*19-22,47-49H,3-18,23-46,50-51H2,1-2H3,(H,59,60,61);/q;;+2/p-2/b2*21-19+,22-20+;. The number of carbonyl (C=O) groups excluding carboxylic acids is 4. The van der Waals surface area contributed by atoms with Crippen molar-refractivity contribution in [2.75, 3.05) is 26.4 Å². The molecule has 0 spiro atoms. The maximum absolute atomic E-state index is 13.1. The molecule has 17 heteroatoms. The van der Waals surface area contributed by atoms with Crippen molar-refractivity contribution in [1.29, 1.82) is 0 Å². The Balaban J connectivity index is 0.00000252. The van der Waals surface area contributed by atoms with Crippen molar-refractivity contribution in [2.24, 2.45) is 0 Å². The first-order valence-electron chi connectivity index (χ1n) is 54.1. The van der Waals surface area contributed by atoms with Gasteiger partial charge in [-0.2, -0.15) is 0 Å². The van der Waals surface area contributed by atoms with Gasteiger partial charge in [0.25, 0.3) is 0 Å². The number of unbranched alkanes of at least 4 members (excludes halogenated alkanes) is 72. The fourth-order valence-electron chi connectivity index (χ4n) is 16.8. The van der Waals surface area contributed by atoms with Gasteiger partial charge >= 0.3 is 61.6 Å². The minimum absolute atomic E-state index is 0. The van der Waals surface area contributed by atoms with Gasteiger partial charge in [0.1, 0.15) is 20.2 Å². The SMILES string of the molecule is CCCCCCCCC/C=C/CCCCCCCCCCCCCOC(=O)c1cccc(S(=O)(=O)[O-])c1C(=O)OCCCCCCCCCCCCC/C=C/CCCCCCCCC.CCCCCCCCC/C=C/CCCCCCCCCCCCCOC(=O)c1cccc(S(=O)(=O)[O-])c1C(=O)OCCCCCCCCCCCCC/C=C/CCCCCCCCC.[Ca+2]. The van der Waals surface area contributed by atoms with E-state index in [1.165, 1.54) is 435 Å². The summed E-state index contributed by atoms with van der Waals surface area (Å²) in [5.41, 5.74) is -1.54. The Morgan fingerprint density at radius 1 is 0.217 bits per heavy atom. The quantitative estimate of drug-likeness (QED) is 0.0150. The van der Waals surface area contributed by atoms with E-state index < -0.39 is 65.0 Å².